The molecule has 1 rings (SSSR count). The minimum absolute atomic E-state index is 0.257. The van der Waals surface area contributed by atoms with Crippen molar-refractivity contribution in [1.82, 2.24) is 0 Å². The molecule has 1 aromatic rings. The summed E-state index contributed by atoms with van der Waals surface area (Å²) in [5.74, 6) is -0.401. The molecular formula is C14H21IN2O3S. The number of carboxylic acid groups (broad SMARTS) is 1. The van der Waals surface area contributed by atoms with Crippen LogP contribution in [-0.2, 0) is 22.2 Å². The van der Waals surface area contributed by atoms with Crippen molar-refractivity contribution in [3.8, 4) is 0 Å². The van der Waals surface area contributed by atoms with Crippen molar-refractivity contribution in [2.45, 2.75) is 31.7 Å². The van der Waals surface area contributed by atoms with E-state index in [4.69, 9.17) is 10.8 Å². The summed E-state index contributed by atoms with van der Waals surface area (Å²) >= 11 is 2.34. The molecule has 0 heterocycles. The molecular weight excluding hydrogens is 403 g/mol. The van der Waals surface area contributed by atoms with E-state index >= 15 is 0 Å². The van der Waals surface area contributed by atoms with Gasteiger partial charge in [-0.2, -0.15) is 0 Å². The maximum Gasteiger partial charge on any atom is 0.320 e. The molecule has 0 saturated carbocycles. The third-order valence-electron chi connectivity index (χ3n) is 2.89. The van der Waals surface area contributed by atoms with Gasteiger partial charge in [0.2, 0.25) is 0 Å². The fourth-order valence-corrected chi connectivity index (χ4v) is 3.29. The average molecular weight is 424 g/mol. The summed E-state index contributed by atoms with van der Waals surface area (Å²) in [7, 11) is -1.10. The maximum atomic E-state index is 11.9. The van der Waals surface area contributed by atoms with E-state index in [0.29, 0.717) is 5.75 Å². The molecule has 0 saturated heterocycles. The first kappa shape index (κ1) is 18.4. The van der Waals surface area contributed by atoms with Crippen LogP contribution in [0.3, 0.4) is 0 Å². The van der Waals surface area contributed by atoms with Gasteiger partial charge in [0.1, 0.15) is 17.0 Å². The molecule has 1 unspecified atom stereocenters. The van der Waals surface area contributed by atoms with Crippen LogP contribution in [0.2, 0.25) is 0 Å². The predicted molar refractivity (Wildman–Crippen MR) is 95.1 cm³/mol. The number of nitrogens with two attached hydrogens (primary N) is 1. The first-order chi connectivity index (χ1) is 10.0. The van der Waals surface area contributed by atoms with E-state index in [1.54, 1.807) is 12.1 Å². The van der Waals surface area contributed by atoms with Gasteiger partial charge < -0.3 is 15.6 Å². The second-order valence-corrected chi connectivity index (χ2v) is 7.13. The van der Waals surface area contributed by atoms with Crippen molar-refractivity contribution < 1.29 is 14.1 Å². The number of benzene rings is 1. The molecule has 0 aliphatic rings. The fourth-order valence-electron chi connectivity index (χ4n) is 1.79. The van der Waals surface area contributed by atoms with Crippen LogP contribution in [0.4, 0.5) is 5.69 Å². The van der Waals surface area contributed by atoms with Gasteiger partial charge in [0.05, 0.1) is 0 Å². The summed E-state index contributed by atoms with van der Waals surface area (Å²) in [5.41, 5.74) is 7.06. The summed E-state index contributed by atoms with van der Waals surface area (Å²) in [5, 5.41) is 8.81. The zero-order chi connectivity index (χ0) is 15.7. The number of aliphatic carboxylic acids is 1. The lowest BCUT2D eigenvalue weighted by atomic mass is 10.1. The third kappa shape index (κ3) is 7.77. The second-order valence-electron chi connectivity index (χ2n) is 4.75. The maximum absolute atomic E-state index is 11.9. The van der Waals surface area contributed by atoms with Crippen molar-refractivity contribution >= 4 is 45.2 Å². The Hall–Kier alpha value is -0.670. The van der Waals surface area contributed by atoms with Gasteiger partial charge >= 0.3 is 5.97 Å². The Morgan fingerprint density at radius 1 is 1.38 bits per heavy atom. The van der Waals surface area contributed by atoms with E-state index in [1.165, 1.54) is 0 Å². The van der Waals surface area contributed by atoms with Crippen LogP contribution in [0, 0.1) is 0 Å². The molecule has 0 amide bonds. The third-order valence-corrected chi connectivity index (χ3v) is 4.78. The monoisotopic (exact) mass is 424 g/mol. The van der Waals surface area contributed by atoms with Crippen LogP contribution in [-0.4, -0.2) is 31.5 Å². The molecule has 0 aromatic heterocycles. The molecule has 5 nitrogen and oxygen atoms in total. The number of unbranched alkanes of at least 4 members (excludes halogenated alkanes) is 2. The second kappa shape index (κ2) is 10.1. The van der Waals surface area contributed by atoms with Gasteiger partial charge in [0, 0.05) is 11.4 Å². The Kier molecular flexibility index (Phi) is 8.86. The number of carbonyl (C=O) groups is 1. The van der Waals surface area contributed by atoms with Gasteiger partial charge in [0.15, 0.2) is 0 Å². The molecule has 1 aromatic carbocycles. The molecule has 0 aliphatic carbocycles. The lowest BCUT2D eigenvalue weighted by Gasteiger charge is -2.10. The highest BCUT2D eigenvalue weighted by molar-refractivity contribution is 14.1. The summed E-state index contributed by atoms with van der Waals surface area (Å²) in [6, 6.07) is 6.32. The molecule has 0 bridgehead atoms. The van der Waals surface area contributed by atoms with Crippen LogP contribution in [0.5, 0.6) is 0 Å². The highest BCUT2D eigenvalue weighted by Gasteiger charge is 2.12. The van der Waals surface area contributed by atoms with E-state index in [-0.39, 0.29) is 6.42 Å². The standard InChI is InChI=1S/C14H21IN2O3S/c15-7-2-1-3-8-21(20)17-12-6-4-5-11(9-12)10-13(16)14(18)19/h4-6,9,13,17H,1-3,7-8,10,16H2,(H,18,19)/t13-,21?/m0/s1. The largest absolute Gasteiger partial charge is 0.480 e. The predicted octanol–water partition coefficient (Wildman–Crippen LogP) is 2.32. The number of carboxylic acids is 1. The zero-order valence-corrected chi connectivity index (χ0v) is 14.7. The van der Waals surface area contributed by atoms with Crippen LogP contribution in [0.25, 0.3) is 0 Å². The Morgan fingerprint density at radius 3 is 2.81 bits per heavy atom. The Labute approximate surface area is 141 Å². The summed E-state index contributed by atoms with van der Waals surface area (Å²) in [4.78, 5) is 10.7. The van der Waals surface area contributed by atoms with Crippen LogP contribution in [0.1, 0.15) is 24.8 Å². The molecule has 0 radical (unpaired) electrons. The smallest absolute Gasteiger partial charge is 0.320 e. The van der Waals surface area contributed by atoms with Crippen molar-refractivity contribution in [3.63, 3.8) is 0 Å². The van der Waals surface area contributed by atoms with Crippen molar-refractivity contribution in [2.75, 3.05) is 14.9 Å². The lowest BCUT2D eigenvalue weighted by Crippen LogP contribution is -2.32. The molecule has 2 atom stereocenters. The minimum atomic E-state index is -1.10. The highest BCUT2D eigenvalue weighted by atomic mass is 127. The number of anilines is 1. The van der Waals surface area contributed by atoms with E-state index in [0.717, 1.165) is 34.9 Å². The zero-order valence-electron chi connectivity index (χ0n) is 11.8. The molecule has 7 heteroatoms. The number of halogens is 1. The number of hydrogen-bond donors (Lipinski definition) is 3. The van der Waals surface area contributed by atoms with Crippen molar-refractivity contribution in [3.05, 3.63) is 29.8 Å². The van der Waals surface area contributed by atoms with Gasteiger partial charge in [0.25, 0.3) is 0 Å². The first-order valence-corrected chi connectivity index (χ1v) is 9.65. The Bertz CT molecular complexity index is 485. The van der Waals surface area contributed by atoms with Gasteiger partial charge in [-0.05, 0) is 41.4 Å². The van der Waals surface area contributed by atoms with Gasteiger partial charge in [-0.15, -0.1) is 0 Å². The number of hydrogen-bond acceptors (Lipinski definition) is 3. The quantitative estimate of drug-likeness (QED) is 0.305. The normalized spacial score (nSPS) is 13.6. The summed E-state index contributed by atoms with van der Waals surface area (Å²) in [6.07, 6.45) is 3.43. The molecule has 4 N–H and O–H groups in total. The molecule has 0 spiro atoms. The Morgan fingerprint density at radius 2 is 2.14 bits per heavy atom. The van der Waals surface area contributed by atoms with E-state index in [9.17, 15) is 9.00 Å². The SMILES string of the molecule is N[C@@H](Cc1cccc(NS(=O)CCCCCI)c1)C(=O)O. The minimum Gasteiger partial charge on any atom is -0.480 e. The van der Waals surface area contributed by atoms with E-state index in [1.807, 2.05) is 12.1 Å². The van der Waals surface area contributed by atoms with Crippen LogP contribution < -0.4 is 10.5 Å². The number of nitrogens with one attached hydrogen (secondary N) is 1. The molecule has 0 aliphatic heterocycles. The lowest BCUT2D eigenvalue weighted by molar-refractivity contribution is -0.138. The van der Waals surface area contributed by atoms with Crippen LogP contribution in [0.15, 0.2) is 24.3 Å². The summed E-state index contributed by atoms with van der Waals surface area (Å²) < 4.78 is 16.0. The average Bonchev–Trinajstić information content (AvgIpc) is 2.44. The van der Waals surface area contributed by atoms with Crippen molar-refractivity contribution in [1.29, 1.82) is 0 Å². The molecule has 0 fully saturated rings. The van der Waals surface area contributed by atoms with Crippen LogP contribution >= 0.6 is 22.6 Å². The molecule has 21 heavy (non-hydrogen) atoms. The molecule has 118 valence electrons. The van der Waals surface area contributed by atoms with Gasteiger partial charge in [-0.1, -0.05) is 41.1 Å². The summed E-state index contributed by atoms with van der Waals surface area (Å²) in [6.45, 7) is 0. The van der Waals surface area contributed by atoms with Gasteiger partial charge in [-0.3, -0.25) is 4.79 Å². The van der Waals surface area contributed by atoms with Gasteiger partial charge in [-0.25, -0.2) is 4.21 Å². The first-order valence-electron chi connectivity index (χ1n) is 6.81. The van der Waals surface area contributed by atoms with Crippen molar-refractivity contribution in [2.24, 2.45) is 5.73 Å². The Balaban J connectivity index is 2.48. The number of alkyl halides is 1. The highest BCUT2D eigenvalue weighted by Crippen LogP contribution is 2.13. The number of rotatable bonds is 10. The topological polar surface area (TPSA) is 92.4 Å². The van der Waals surface area contributed by atoms with E-state index < -0.39 is 23.0 Å². The van der Waals surface area contributed by atoms with E-state index in [2.05, 4.69) is 27.3 Å². The fraction of sp³-hybridized carbons (Fsp3) is 0.500.